The van der Waals surface area contributed by atoms with Crippen molar-refractivity contribution in [2.24, 2.45) is 10.2 Å². The van der Waals surface area contributed by atoms with E-state index < -0.39 is 5.91 Å². The van der Waals surface area contributed by atoms with Crippen molar-refractivity contribution in [1.82, 2.24) is 0 Å². The molecule has 4 aromatic carbocycles. The van der Waals surface area contributed by atoms with Crippen molar-refractivity contribution in [2.45, 2.75) is 0 Å². The first kappa shape index (κ1) is 22.7. The van der Waals surface area contributed by atoms with Crippen molar-refractivity contribution < 1.29 is 14.4 Å². The van der Waals surface area contributed by atoms with Crippen molar-refractivity contribution in [3.05, 3.63) is 84.4 Å². The maximum absolute atomic E-state index is 14.0. The first-order chi connectivity index (χ1) is 16.3. The van der Waals surface area contributed by atoms with Crippen LogP contribution >= 0.6 is 0 Å². The molecule has 0 fully saturated rings. The van der Waals surface area contributed by atoms with Crippen molar-refractivity contribution in [2.75, 3.05) is 36.5 Å². The van der Waals surface area contributed by atoms with E-state index in [1.165, 1.54) is 13.1 Å². The Kier molecular flexibility index (Phi) is 6.40. The molecular weight excluding hydrogens is 433 g/mol. The van der Waals surface area contributed by atoms with Gasteiger partial charge in [0.05, 0.1) is 22.6 Å². The number of anilines is 3. The van der Waals surface area contributed by atoms with Crippen LogP contribution in [0, 0.1) is 0 Å². The molecule has 0 aliphatic rings. The topological polar surface area (TPSA) is 80.5 Å². The van der Waals surface area contributed by atoms with Crippen LogP contribution in [0.25, 0.3) is 10.8 Å². The van der Waals surface area contributed by atoms with E-state index in [-0.39, 0.29) is 17.0 Å². The molecule has 0 aromatic heterocycles. The number of nitrogens with one attached hydrogen (secondary N) is 1. The van der Waals surface area contributed by atoms with Gasteiger partial charge in [0, 0.05) is 32.2 Å². The molecule has 2 N–H and O–H groups in total. The summed E-state index contributed by atoms with van der Waals surface area (Å²) in [6, 6.07) is 22.9. The van der Waals surface area contributed by atoms with Gasteiger partial charge in [-0.1, -0.05) is 42.5 Å². The summed E-state index contributed by atoms with van der Waals surface area (Å²) in [5.41, 5.74) is 2.18. The molecule has 0 saturated heterocycles. The Balaban J connectivity index is 1.73. The Morgan fingerprint density at radius 3 is 2.29 bits per heavy atom. The van der Waals surface area contributed by atoms with Crippen LogP contribution in [-0.2, 0) is 0 Å². The number of fused-ring (bicyclic) bond motifs is 1. The van der Waals surface area contributed by atoms with Crippen LogP contribution in [0.4, 0.5) is 32.9 Å². The molecule has 0 saturated carbocycles. The average molecular weight is 458 g/mol. The molecule has 0 atom stereocenters. The molecule has 34 heavy (non-hydrogen) atoms. The summed E-state index contributed by atoms with van der Waals surface area (Å²) in [5, 5.41) is 24.1. The fraction of sp³-hybridized carbons (Fsp3) is 0.115. The summed E-state index contributed by atoms with van der Waals surface area (Å²) < 4.78 is 14.0. The Labute approximate surface area is 196 Å². The minimum atomic E-state index is -0.551. The lowest BCUT2D eigenvalue weighted by Crippen LogP contribution is -2.16. The fourth-order valence-corrected chi connectivity index (χ4v) is 3.62. The summed E-state index contributed by atoms with van der Waals surface area (Å²) in [6.45, 7) is 0. The number of carbonyl (C=O) groups is 1. The summed E-state index contributed by atoms with van der Waals surface area (Å²) in [5.74, 6) is -0.840. The predicted molar refractivity (Wildman–Crippen MR) is 134 cm³/mol. The third-order valence-electron chi connectivity index (χ3n) is 5.31. The Morgan fingerprint density at radius 2 is 1.59 bits per heavy atom. The molecule has 4 aromatic rings. The van der Waals surface area contributed by atoms with Gasteiger partial charge in [0.1, 0.15) is 5.69 Å². The van der Waals surface area contributed by atoms with Crippen LogP contribution in [0.2, 0.25) is 0 Å². The molecular formula is C26H24FN5O2. The van der Waals surface area contributed by atoms with Gasteiger partial charge in [-0.15, -0.1) is 9.60 Å². The van der Waals surface area contributed by atoms with Gasteiger partial charge in [-0.2, -0.15) is 5.11 Å². The molecule has 7 nitrogen and oxygen atoms in total. The molecule has 0 bridgehead atoms. The molecule has 0 unspecified atom stereocenters. The monoisotopic (exact) mass is 457 g/mol. The molecule has 0 spiro atoms. The third-order valence-corrected chi connectivity index (χ3v) is 5.31. The van der Waals surface area contributed by atoms with E-state index in [4.69, 9.17) is 0 Å². The number of hydrogen-bond acceptors (Lipinski definition) is 6. The van der Waals surface area contributed by atoms with Gasteiger partial charge in [0.2, 0.25) is 0 Å². The molecule has 1 amide bonds. The van der Waals surface area contributed by atoms with E-state index in [1.807, 2.05) is 36.4 Å². The molecule has 8 heteroatoms. The van der Waals surface area contributed by atoms with Crippen LogP contribution in [0.3, 0.4) is 0 Å². The predicted octanol–water partition coefficient (Wildman–Crippen LogP) is 6.60. The second kappa shape index (κ2) is 9.58. The fourth-order valence-electron chi connectivity index (χ4n) is 3.62. The van der Waals surface area contributed by atoms with E-state index in [2.05, 4.69) is 15.5 Å². The molecule has 0 heterocycles. The van der Waals surface area contributed by atoms with E-state index >= 15 is 0 Å². The maximum atomic E-state index is 14.0. The minimum absolute atomic E-state index is 0.0348. The summed E-state index contributed by atoms with van der Waals surface area (Å²) in [4.78, 5) is 14.9. The number of halogens is 1. The van der Waals surface area contributed by atoms with Crippen LogP contribution < -0.4 is 15.3 Å². The van der Waals surface area contributed by atoms with Gasteiger partial charge >= 0.3 is 0 Å². The highest BCUT2D eigenvalue weighted by Gasteiger charge is 2.19. The maximum Gasteiger partial charge on any atom is 0.259 e. The lowest BCUT2D eigenvalue weighted by atomic mass is 10.0. The number of nitrogens with zero attached hydrogens (tertiary/aromatic N) is 4. The first-order valence-electron chi connectivity index (χ1n) is 10.6. The zero-order valence-corrected chi connectivity index (χ0v) is 19.0. The molecule has 172 valence electrons. The van der Waals surface area contributed by atoms with Crippen molar-refractivity contribution in [3.63, 3.8) is 0 Å². The Bertz CT molecular complexity index is 1370. The quantitative estimate of drug-likeness (QED) is 0.252. The van der Waals surface area contributed by atoms with E-state index in [9.17, 15) is 14.4 Å². The number of phenols is 1. The van der Waals surface area contributed by atoms with E-state index in [0.717, 1.165) is 5.39 Å². The van der Waals surface area contributed by atoms with Crippen LogP contribution in [0.1, 0.15) is 10.4 Å². The molecule has 0 aliphatic carbocycles. The SMILES string of the molecule is CN(C)c1ccc(NC(=O)c2cc3ccccc3c(N=Nc3ccccc3)c2O)cc1N(C)F. The van der Waals surface area contributed by atoms with Crippen molar-refractivity contribution in [3.8, 4) is 5.75 Å². The van der Waals surface area contributed by atoms with E-state index in [0.29, 0.717) is 33.3 Å². The van der Waals surface area contributed by atoms with Crippen molar-refractivity contribution in [1.29, 1.82) is 0 Å². The highest BCUT2D eigenvalue weighted by Crippen LogP contribution is 2.40. The molecule has 4 rings (SSSR count). The number of amides is 1. The van der Waals surface area contributed by atoms with Crippen LogP contribution in [-0.4, -0.2) is 32.2 Å². The lowest BCUT2D eigenvalue weighted by Gasteiger charge is -2.21. The molecule has 0 aliphatic heterocycles. The number of hydrogen-bond donors (Lipinski definition) is 2. The number of rotatable bonds is 6. The van der Waals surface area contributed by atoms with Gasteiger partial charge in [-0.25, -0.2) is 5.12 Å². The van der Waals surface area contributed by atoms with Gasteiger partial charge in [0.25, 0.3) is 5.91 Å². The lowest BCUT2D eigenvalue weighted by molar-refractivity contribution is 0.102. The number of aromatic hydroxyl groups is 1. The number of azo groups is 1. The van der Waals surface area contributed by atoms with Crippen molar-refractivity contribution >= 4 is 45.1 Å². The minimum Gasteiger partial charge on any atom is -0.505 e. The second-order valence-electron chi connectivity index (χ2n) is 7.91. The van der Waals surface area contributed by atoms with Crippen LogP contribution in [0.5, 0.6) is 5.75 Å². The average Bonchev–Trinajstić information content (AvgIpc) is 2.83. The summed E-state index contributed by atoms with van der Waals surface area (Å²) in [6.07, 6.45) is 0. The summed E-state index contributed by atoms with van der Waals surface area (Å²) in [7, 11) is 4.89. The van der Waals surface area contributed by atoms with E-state index in [1.54, 1.807) is 55.4 Å². The third kappa shape index (κ3) is 4.66. The smallest absolute Gasteiger partial charge is 0.259 e. The largest absolute Gasteiger partial charge is 0.505 e. The first-order valence-corrected chi connectivity index (χ1v) is 10.6. The van der Waals surface area contributed by atoms with Gasteiger partial charge < -0.3 is 15.3 Å². The highest BCUT2D eigenvalue weighted by atomic mass is 19.2. The number of benzene rings is 4. The number of carbonyl (C=O) groups excluding carboxylic acids is 1. The van der Waals surface area contributed by atoms with Gasteiger partial charge in [0.15, 0.2) is 5.75 Å². The van der Waals surface area contributed by atoms with Gasteiger partial charge in [-0.3, -0.25) is 4.79 Å². The Hall–Kier alpha value is -4.46. The summed E-state index contributed by atoms with van der Waals surface area (Å²) >= 11 is 0. The zero-order chi connectivity index (χ0) is 24.2. The van der Waals surface area contributed by atoms with Crippen LogP contribution in [0.15, 0.2) is 89.1 Å². The normalized spacial score (nSPS) is 11.1. The second-order valence-corrected chi connectivity index (χ2v) is 7.91. The standard InChI is InChI=1S/C26H24FN5O2/c1-31(2)22-14-13-19(16-23(22)32(3)27)28-26(34)21-15-17-9-7-8-12-20(17)24(25(21)33)30-29-18-10-5-4-6-11-18/h4-16,33H,1-3H3,(H,28,34). The Morgan fingerprint density at radius 1 is 0.882 bits per heavy atom. The highest BCUT2D eigenvalue weighted by molar-refractivity contribution is 6.12. The zero-order valence-electron chi connectivity index (χ0n) is 19.0. The van der Waals surface area contributed by atoms with Gasteiger partial charge in [-0.05, 0) is 41.8 Å². The number of phenolic OH excluding ortho intramolecular Hbond substituents is 1. The molecule has 0 radical (unpaired) electrons.